The van der Waals surface area contributed by atoms with Gasteiger partial charge in [-0.05, 0) is 97.2 Å². The minimum absolute atomic E-state index is 0.0242. The smallest absolute Gasteiger partial charge is 0.343 e. The maximum atomic E-state index is 13.5. The number of aromatic nitrogens is 4. The van der Waals surface area contributed by atoms with Crippen LogP contribution in [0.15, 0.2) is 92.7 Å². The molecule has 3 aromatic carbocycles. The molecule has 0 amide bonds. The van der Waals surface area contributed by atoms with Gasteiger partial charge < -0.3 is 87.4 Å². The zero-order chi connectivity index (χ0) is 59.7. The first kappa shape index (κ1) is 57.3. The molecule has 7 aliphatic rings. The van der Waals surface area contributed by atoms with Crippen molar-refractivity contribution in [3.8, 4) is 45.9 Å². The van der Waals surface area contributed by atoms with Gasteiger partial charge in [0.1, 0.15) is 36.8 Å². The van der Waals surface area contributed by atoms with Crippen LogP contribution in [0.25, 0.3) is 22.3 Å². The predicted octanol–water partition coefficient (Wildman–Crippen LogP) is 3.66. The third-order valence-corrected chi connectivity index (χ3v) is 17.2. The molecule has 3 fully saturated rings. The van der Waals surface area contributed by atoms with Gasteiger partial charge in [-0.25, -0.2) is 14.6 Å². The Morgan fingerprint density at radius 3 is 2.31 bits per heavy atom. The van der Waals surface area contributed by atoms with Crippen LogP contribution < -0.4 is 35.8 Å². The number of rotatable bonds is 9. The number of methoxy groups -OCH3 is 2. The fourth-order valence-corrected chi connectivity index (χ4v) is 12.9. The number of aliphatic hydroxyl groups excluding tert-OH is 2. The van der Waals surface area contributed by atoms with E-state index < -0.39 is 84.1 Å². The third-order valence-electron chi connectivity index (χ3n) is 16.3. The molecule has 26 heteroatoms. The van der Waals surface area contributed by atoms with Crippen molar-refractivity contribution in [2.45, 2.75) is 87.7 Å². The molecule has 6 aliphatic heterocycles. The van der Waals surface area contributed by atoms with E-state index in [2.05, 4.69) is 4.98 Å². The standard InChI is InChI=1S/C32H32O13S.C23H23N3O5.C4H4N2O2/c1-37-19-6-13(7-20(38-2)25(19)33)23-14-8-17-18(42-12-41-17)9-15(14)28(16-10-39-30(36)24(16)23)44-32-27(35)26(34)29-21(43-32)11-40-31(45-29)22-4-3-5-46-22;1-4-23(30)16-8-18-20-12(9-26(18)21(28)15(16)11-31-22(23)29)7-13-14(10-25(2)3)19(27)6-5-17(13)24-20;7-3-1-2-5-4(8)6-3/h3-9,16,21,23-24,26-29,31-35H,10-12H2,1-2H3;5-8,27,30H,4,9-11H2,1-3H3;1-2H,(H2,5,6,7,8)/t16?,21-,23-,24+,26-,27-,28?,29-,31?,32+;23-;/m10./s1. The van der Waals surface area contributed by atoms with E-state index in [0.717, 1.165) is 21.4 Å². The summed E-state index contributed by atoms with van der Waals surface area (Å²) in [4.78, 5) is 71.3. The van der Waals surface area contributed by atoms with Crippen molar-refractivity contribution in [1.29, 1.82) is 0 Å². The third kappa shape index (κ3) is 10.1. The largest absolute Gasteiger partial charge is 0.508 e. The van der Waals surface area contributed by atoms with Gasteiger partial charge in [0.2, 0.25) is 12.5 Å². The van der Waals surface area contributed by atoms with E-state index in [1.807, 2.05) is 53.6 Å². The number of esters is 2. The van der Waals surface area contributed by atoms with Gasteiger partial charge in [0.05, 0.1) is 73.3 Å². The summed E-state index contributed by atoms with van der Waals surface area (Å²) in [6.07, 6.45) is -5.77. The highest BCUT2D eigenvalue weighted by atomic mass is 32.1. The number of nitrogens with zero attached hydrogens (tertiary/aromatic N) is 3. The molecule has 14 rings (SSSR count). The second kappa shape index (κ2) is 22.7. The molecule has 25 nitrogen and oxygen atoms in total. The Hall–Kier alpha value is -8.18. The molecule has 0 bridgehead atoms. The fourth-order valence-electron chi connectivity index (χ4n) is 12.1. The number of cyclic esters (lactones) is 2. The van der Waals surface area contributed by atoms with Gasteiger partial charge in [-0.3, -0.25) is 19.4 Å². The summed E-state index contributed by atoms with van der Waals surface area (Å²) in [6.45, 7) is 2.58. The SMILES string of the molecule is CC[C@@]1(O)C(=O)OCc2c1cc1n(c2=O)Cc2cc3c(CN(C)C)c(O)ccc3nc2-1.COc1cc([C@@H]2c3cc4c(cc3C(O[C@@H]3O[C@@H]5COC(c6cccs6)O[C@H]5[C@H](O)[C@H]3O)C3COC(=O)[C@@H]32)OCO4)cc(OC)c1O.O=c1cc[nH]c(=O)[nH]1. The van der Waals surface area contributed by atoms with Crippen molar-refractivity contribution in [2.75, 3.05) is 48.3 Å². The van der Waals surface area contributed by atoms with E-state index in [-0.39, 0.29) is 67.2 Å². The summed E-state index contributed by atoms with van der Waals surface area (Å²) >= 11 is 1.46. The Labute approximate surface area is 486 Å². The first-order valence-corrected chi connectivity index (χ1v) is 28.0. The number of aliphatic hydroxyl groups is 3. The lowest BCUT2D eigenvalue weighted by Gasteiger charge is -2.48. The molecule has 0 saturated carbocycles. The number of fused-ring (bicyclic) bond motifs is 9. The number of carbonyl (C=O) groups excluding carboxylic acids is 2. The van der Waals surface area contributed by atoms with Crippen LogP contribution >= 0.6 is 11.3 Å². The molecule has 7 N–H and O–H groups in total. The number of phenols is 2. The number of ether oxygens (including phenoxy) is 10. The molecule has 1 aliphatic carbocycles. The highest BCUT2D eigenvalue weighted by Crippen LogP contribution is 2.57. The van der Waals surface area contributed by atoms with E-state index >= 15 is 0 Å². The molecular weight excluding hydrogens is 1130 g/mol. The molecule has 85 heavy (non-hydrogen) atoms. The van der Waals surface area contributed by atoms with Gasteiger partial charge >= 0.3 is 17.6 Å². The minimum atomic E-state index is -1.84. The summed E-state index contributed by atoms with van der Waals surface area (Å²) in [5.74, 6) is -1.62. The number of nitrogens with one attached hydrogen (secondary N) is 2. The lowest BCUT2D eigenvalue weighted by atomic mass is 9.66. The summed E-state index contributed by atoms with van der Waals surface area (Å²) in [6, 6.07) is 19.0. The molecule has 3 saturated heterocycles. The number of aromatic hydroxyl groups is 2. The number of thiophene rings is 1. The Bertz CT molecular complexity index is 3890. The van der Waals surface area contributed by atoms with Crippen LogP contribution in [0.3, 0.4) is 0 Å². The maximum absolute atomic E-state index is 13.5. The monoisotopic (exact) mass is 1190 g/mol. The average molecular weight is 1190 g/mol. The Morgan fingerprint density at radius 2 is 1.64 bits per heavy atom. The molecular formula is C59H59N5O20S. The van der Waals surface area contributed by atoms with Gasteiger partial charge in [0, 0.05) is 52.7 Å². The van der Waals surface area contributed by atoms with Crippen molar-refractivity contribution >= 4 is 34.2 Å². The summed E-state index contributed by atoms with van der Waals surface area (Å²) in [5, 5.41) is 57.2. The maximum Gasteiger partial charge on any atom is 0.343 e. The van der Waals surface area contributed by atoms with Crippen molar-refractivity contribution in [3.05, 3.63) is 153 Å². The molecule has 10 heterocycles. The number of benzene rings is 3. The number of hydrogen-bond donors (Lipinski definition) is 7. The topological polar surface area (TPSA) is 331 Å². The lowest BCUT2D eigenvalue weighted by Crippen LogP contribution is -2.62. The summed E-state index contributed by atoms with van der Waals surface area (Å²) in [7, 11) is 6.72. The van der Waals surface area contributed by atoms with Crippen LogP contribution in [0.5, 0.6) is 34.5 Å². The van der Waals surface area contributed by atoms with Crippen LogP contribution in [0.2, 0.25) is 0 Å². The molecule has 0 spiro atoms. The van der Waals surface area contributed by atoms with E-state index in [1.54, 1.807) is 47.9 Å². The van der Waals surface area contributed by atoms with Gasteiger partial charge in [0.15, 0.2) is 41.2 Å². The molecule has 3 unspecified atom stereocenters. The highest BCUT2D eigenvalue weighted by molar-refractivity contribution is 7.10. The van der Waals surface area contributed by atoms with Gasteiger partial charge in [-0.15, -0.1) is 11.3 Å². The minimum Gasteiger partial charge on any atom is -0.508 e. The first-order chi connectivity index (χ1) is 40.9. The van der Waals surface area contributed by atoms with Crippen molar-refractivity contribution in [3.63, 3.8) is 0 Å². The molecule has 11 atom stereocenters. The van der Waals surface area contributed by atoms with E-state index in [9.17, 15) is 49.5 Å². The first-order valence-electron chi connectivity index (χ1n) is 27.2. The Morgan fingerprint density at radius 1 is 0.882 bits per heavy atom. The van der Waals surface area contributed by atoms with Crippen molar-refractivity contribution < 1.29 is 82.5 Å². The molecule has 7 aromatic rings. The van der Waals surface area contributed by atoms with E-state index in [1.165, 1.54) is 37.8 Å². The fraction of sp³-hybridized carbons (Fsp3) is 0.390. The van der Waals surface area contributed by atoms with E-state index in [0.29, 0.717) is 69.3 Å². The number of phenolic OH excluding ortho intramolecular Hbond substituents is 2. The van der Waals surface area contributed by atoms with Crippen LogP contribution in [-0.2, 0) is 63.3 Å². The second-order valence-electron chi connectivity index (χ2n) is 21.5. The Kier molecular flexibility index (Phi) is 15.3. The number of H-pyrrole nitrogens is 2. The molecule has 446 valence electrons. The van der Waals surface area contributed by atoms with Gasteiger partial charge in [0.25, 0.3) is 11.1 Å². The normalized spacial score (nSPS) is 26.5. The van der Waals surface area contributed by atoms with Crippen LogP contribution in [0.1, 0.15) is 75.5 Å². The van der Waals surface area contributed by atoms with Gasteiger partial charge in [-0.2, -0.15) is 0 Å². The van der Waals surface area contributed by atoms with Crippen molar-refractivity contribution in [1.82, 2.24) is 24.4 Å². The summed E-state index contributed by atoms with van der Waals surface area (Å²) in [5.41, 5.74) is 3.17. The van der Waals surface area contributed by atoms with Crippen LogP contribution in [-0.4, -0.2) is 141 Å². The average Bonchev–Trinajstić information content (AvgIpc) is 2.36. The zero-order valence-corrected chi connectivity index (χ0v) is 47.2. The van der Waals surface area contributed by atoms with Crippen LogP contribution in [0, 0.1) is 11.8 Å². The van der Waals surface area contributed by atoms with Crippen LogP contribution in [0.4, 0.5) is 0 Å². The zero-order valence-electron chi connectivity index (χ0n) is 46.3. The predicted molar refractivity (Wildman–Crippen MR) is 297 cm³/mol. The summed E-state index contributed by atoms with van der Waals surface area (Å²) < 4.78 is 59.3. The quantitative estimate of drug-likeness (QED) is 0.101. The highest BCUT2D eigenvalue weighted by Gasteiger charge is 2.56. The Balaban J connectivity index is 0.000000156. The lowest BCUT2D eigenvalue weighted by molar-refractivity contribution is -0.368. The molecule has 0 radical (unpaired) electrons. The van der Waals surface area contributed by atoms with E-state index in [4.69, 9.17) is 52.4 Å². The number of hydrogen-bond acceptors (Lipinski definition) is 23. The number of carbonyl (C=O) groups is 2. The van der Waals surface area contributed by atoms with Gasteiger partial charge in [-0.1, -0.05) is 13.0 Å². The number of pyridine rings is 2. The number of aromatic amines is 2. The van der Waals surface area contributed by atoms with Crippen molar-refractivity contribution in [2.24, 2.45) is 11.8 Å². The second-order valence-corrected chi connectivity index (χ2v) is 22.5. The molecule has 4 aromatic heterocycles.